The van der Waals surface area contributed by atoms with Gasteiger partial charge in [-0.05, 0) is 31.0 Å². The quantitative estimate of drug-likeness (QED) is 0.706. The molecule has 0 aromatic heterocycles. The highest BCUT2D eigenvalue weighted by Crippen LogP contribution is 2.36. The van der Waals surface area contributed by atoms with E-state index in [-0.39, 0.29) is 24.3 Å². The molecule has 1 amide bonds. The average molecular weight is 452 g/mol. The first-order valence-corrected chi connectivity index (χ1v) is 11.7. The zero-order valence-corrected chi connectivity index (χ0v) is 19.2. The van der Waals surface area contributed by atoms with Gasteiger partial charge < -0.3 is 9.47 Å². The Labute approximate surface area is 194 Å². The lowest BCUT2D eigenvalue weighted by Crippen LogP contribution is -2.48. The van der Waals surface area contributed by atoms with Crippen LogP contribution in [-0.4, -0.2) is 60.2 Å². The van der Waals surface area contributed by atoms with E-state index in [1.165, 1.54) is 11.6 Å². The molecule has 33 heavy (non-hydrogen) atoms. The lowest BCUT2D eigenvalue weighted by Gasteiger charge is -2.37. The van der Waals surface area contributed by atoms with Crippen LogP contribution in [-0.2, 0) is 14.3 Å². The summed E-state index contributed by atoms with van der Waals surface area (Å²) in [4.78, 5) is 15.6. The van der Waals surface area contributed by atoms with Gasteiger partial charge in [-0.15, -0.1) is 0 Å². The molecule has 3 heterocycles. The molecule has 0 bridgehead atoms. The number of rotatable bonds is 4. The maximum Gasteiger partial charge on any atom is 0.257 e. The largest absolute Gasteiger partial charge is 0.347 e. The number of hydrogen-bond donors (Lipinski definition) is 0. The highest BCUT2D eigenvalue weighted by molar-refractivity contribution is 6.03. The van der Waals surface area contributed by atoms with E-state index in [1.54, 1.807) is 23.2 Å². The van der Waals surface area contributed by atoms with Crippen molar-refractivity contribution in [1.29, 1.82) is 0 Å². The Hall–Kier alpha value is -2.61. The van der Waals surface area contributed by atoms with Crippen molar-refractivity contribution >= 4 is 11.6 Å². The molecule has 2 saturated heterocycles. The minimum absolute atomic E-state index is 0.0736. The molecule has 2 aromatic carbocycles. The van der Waals surface area contributed by atoms with Gasteiger partial charge in [0.2, 0.25) is 0 Å². The predicted octanol–water partition coefficient (Wildman–Crippen LogP) is 3.96. The zero-order chi connectivity index (χ0) is 23.0. The number of benzene rings is 2. The van der Waals surface area contributed by atoms with Crippen molar-refractivity contribution in [1.82, 2.24) is 9.91 Å². The van der Waals surface area contributed by atoms with Crippen LogP contribution in [0.5, 0.6) is 0 Å². The second-order valence-electron chi connectivity index (χ2n) is 9.23. The first-order valence-electron chi connectivity index (χ1n) is 11.7. The number of ether oxygens (including phenoxy) is 2. The van der Waals surface area contributed by atoms with Crippen LogP contribution >= 0.6 is 0 Å². The van der Waals surface area contributed by atoms with Crippen LogP contribution in [0, 0.1) is 19.7 Å². The Morgan fingerprint density at radius 1 is 1.12 bits per heavy atom. The van der Waals surface area contributed by atoms with Gasteiger partial charge in [-0.1, -0.05) is 42.0 Å². The van der Waals surface area contributed by atoms with Gasteiger partial charge in [-0.25, -0.2) is 9.40 Å². The summed E-state index contributed by atoms with van der Waals surface area (Å²) >= 11 is 0. The molecule has 2 aromatic rings. The fourth-order valence-electron chi connectivity index (χ4n) is 5.14. The van der Waals surface area contributed by atoms with Crippen LogP contribution in [0.25, 0.3) is 0 Å². The molecule has 174 valence electrons. The number of piperidine rings is 1. The average Bonchev–Trinajstić information content (AvgIpc) is 3.44. The van der Waals surface area contributed by atoms with Gasteiger partial charge in [0, 0.05) is 37.9 Å². The minimum Gasteiger partial charge on any atom is -0.347 e. The van der Waals surface area contributed by atoms with Gasteiger partial charge >= 0.3 is 0 Å². The monoisotopic (exact) mass is 451 g/mol. The molecule has 3 aliphatic heterocycles. The van der Waals surface area contributed by atoms with E-state index in [0.29, 0.717) is 30.9 Å². The first-order chi connectivity index (χ1) is 15.9. The highest BCUT2D eigenvalue weighted by Gasteiger charge is 2.41. The van der Waals surface area contributed by atoms with Crippen LogP contribution < -0.4 is 0 Å². The second kappa shape index (κ2) is 8.97. The third-order valence-electron chi connectivity index (χ3n) is 6.93. The number of nitrogens with zero attached hydrogens (tertiary/aromatic N) is 3. The summed E-state index contributed by atoms with van der Waals surface area (Å²) in [6.07, 6.45) is 2.00. The molecule has 0 unspecified atom stereocenters. The maximum absolute atomic E-state index is 14.5. The number of hydrogen-bond acceptors (Lipinski definition) is 5. The van der Waals surface area contributed by atoms with Crippen molar-refractivity contribution in [2.75, 3.05) is 32.8 Å². The SMILES string of the molecule is Cc1ccc([C@H]2CC(c3ccccc3F)=NN2C(=O)CN2CCC3(CC2)OCCO3)c(C)c1. The van der Waals surface area contributed by atoms with Crippen LogP contribution in [0.2, 0.25) is 0 Å². The van der Waals surface area contributed by atoms with Gasteiger partial charge in [-0.3, -0.25) is 9.69 Å². The third-order valence-corrected chi connectivity index (χ3v) is 6.93. The van der Waals surface area contributed by atoms with Crippen LogP contribution in [0.1, 0.15) is 47.6 Å². The number of aryl methyl sites for hydroxylation is 2. The van der Waals surface area contributed by atoms with Gasteiger partial charge in [-0.2, -0.15) is 5.10 Å². The van der Waals surface area contributed by atoms with Gasteiger partial charge in [0.25, 0.3) is 5.91 Å². The van der Waals surface area contributed by atoms with E-state index in [4.69, 9.17) is 9.47 Å². The smallest absolute Gasteiger partial charge is 0.257 e. The van der Waals surface area contributed by atoms with Crippen LogP contribution in [0.4, 0.5) is 4.39 Å². The zero-order valence-electron chi connectivity index (χ0n) is 19.2. The number of halogens is 1. The lowest BCUT2D eigenvalue weighted by atomic mass is 9.94. The highest BCUT2D eigenvalue weighted by atomic mass is 19.1. The lowest BCUT2D eigenvalue weighted by molar-refractivity contribution is -0.186. The molecule has 0 N–H and O–H groups in total. The van der Waals surface area contributed by atoms with Crippen molar-refractivity contribution < 1.29 is 18.7 Å². The van der Waals surface area contributed by atoms with Crippen LogP contribution in [0.3, 0.4) is 0 Å². The minimum atomic E-state index is -0.467. The van der Waals surface area contributed by atoms with E-state index in [0.717, 1.165) is 37.1 Å². The molecule has 6 nitrogen and oxygen atoms in total. The molecule has 1 spiro atoms. The molecule has 5 rings (SSSR count). The number of carbonyl (C=O) groups excluding carboxylic acids is 1. The standard InChI is InChI=1S/C26H30FN3O3/c1-18-7-8-20(19(2)15-18)24-16-23(21-5-3-4-6-22(21)27)28-30(24)25(31)17-29-11-9-26(10-12-29)32-13-14-33-26/h3-8,15,24H,9-14,16-17H2,1-2H3/t24-/m1/s1. The van der Waals surface area contributed by atoms with Gasteiger partial charge in [0.1, 0.15) is 5.82 Å². The molecule has 2 fully saturated rings. The van der Waals surface area contributed by atoms with E-state index in [9.17, 15) is 9.18 Å². The Bertz CT molecular complexity index is 1070. The Kier molecular flexibility index (Phi) is 6.03. The number of hydrazone groups is 1. The van der Waals surface area contributed by atoms with Crippen molar-refractivity contribution in [3.05, 3.63) is 70.5 Å². The van der Waals surface area contributed by atoms with E-state index >= 15 is 0 Å². The first kappa shape index (κ1) is 22.2. The molecule has 0 aliphatic carbocycles. The summed E-state index contributed by atoms with van der Waals surface area (Å²) in [6, 6.07) is 12.6. The molecule has 7 heteroatoms. The summed E-state index contributed by atoms with van der Waals surface area (Å²) in [5.74, 6) is -0.858. The third kappa shape index (κ3) is 4.45. The fourth-order valence-corrected chi connectivity index (χ4v) is 5.14. The molecular formula is C26H30FN3O3. The molecule has 3 aliphatic rings. The van der Waals surface area contributed by atoms with Crippen molar-refractivity contribution in [3.63, 3.8) is 0 Å². The van der Waals surface area contributed by atoms with Gasteiger partial charge in [0.05, 0.1) is 31.5 Å². The maximum atomic E-state index is 14.5. The molecular weight excluding hydrogens is 421 g/mol. The van der Waals surface area contributed by atoms with E-state index in [2.05, 4.69) is 42.0 Å². The summed E-state index contributed by atoms with van der Waals surface area (Å²) in [5.41, 5.74) is 4.39. The number of carbonyl (C=O) groups is 1. The van der Waals surface area contributed by atoms with Gasteiger partial charge in [0.15, 0.2) is 5.79 Å². The number of likely N-dealkylation sites (tertiary alicyclic amines) is 1. The Morgan fingerprint density at radius 2 is 1.85 bits per heavy atom. The second-order valence-corrected chi connectivity index (χ2v) is 9.23. The summed E-state index contributed by atoms with van der Waals surface area (Å²) < 4.78 is 26.1. The van der Waals surface area contributed by atoms with Crippen molar-refractivity contribution in [2.24, 2.45) is 5.10 Å². The molecule has 0 radical (unpaired) electrons. The molecule has 1 atom stereocenters. The Morgan fingerprint density at radius 3 is 2.55 bits per heavy atom. The topological polar surface area (TPSA) is 54.4 Å². The summed E-state index contributed by atoms with van der Waals surface area (Å²) in [5, 5.41) is 6.24. The van der Waals surface area contributed by atoms with Crippen LogP contribution in [0.15, 0.2) is 47.6 Å². The summed E-state index contributed by atoms with van der Waals surface area (Å²) in [6.45, 7) is 7.12. The number of amides is 1. The predicted molar refractivity (Wildman–Crippen MR) is 123 cm³/mol. The van der Waals surface area contributed by atoms with E-state index in [1.807, 2.05) is 0 Å². The molecule has 0 saturated carbocycles. The normalized spacial score (nSPS) is 22.7. The van der Waals surface area contributed by atoms with E-state index < -0.39 is 5.79 Å². The Balaban J connectivity index is 1.37. The van der Waals surface area contributed by atoms with Crippen molar-refractivity contribution in [2.45, 2.75) is 44.9 Å². The summed E-state index contributed by atoms with van der Waals surface area (Å²) in [7, 11) is 0. The van der Waals surface area contributed by atoms with Crippen molar-refractivity contribution in [3.8, 4) is 0 Å². The fraction of sp³-hybridized carbons (Fsp3) is 0.462.